The second kappa shape index (κ2) is 4.59. The number of imidazole rings is 1. The number of ether oxygens (including phenoxy) is 1. The fraction of sp³-hybridized carbons (Fsp3) is 0.308. The average molecular weight is 229 g/mol. The SMILES string of the molecule is c1ccc(-n2ccnc2)c(N2CCOCC2)c1. The molecule has 3 rings (SSSR count). The monoisotopic (exact) mass is 229 g/mol. The lowest BCUT2D eigenvalue weighted by molar-refractivity contribution is 0.122. The first kappa shape index (κ1) is 10.4. The van der Waals surface area contributed by atoms with E-state index in [1.165, 1.54) is 11.4 Å². The Hall–Kier alpha value is -1.81. The van der Waals surface area contributed by atoms with E-state index in [-0.39, 0.29) is 0 Å². The second-order valence-corrected chi connectivity index (χ2v) is 4.06. The van der Waals surface area contributed by atoms with Gasteiger partial charge in [0.2, 0.25) is 0 Å². The second-order valence-electron chi connectivity index (χ2n) is 4.06. The highest BCUT2D eigenvalue weighted by Gasteiger charge is 2.14. The number of benzene rings is 1. The van der Waals surface area contributed by atoms with Crippen molar-refractivity contribution in [3.63, 3.8) is 0 Å². The summed E-state index contributed by atoms with van der Waals surface area (Å²) in [5, 5.41) is 0. The first-order valence-corrected chi connectivity index (χ1v) is 5.85. The number of hydrogen-bond donors (Lipinski definition) is 0. The van der Waals surface area contributed by atoms with E-state index in [0.717, 1.165) is 26.3 Å². The molecule has 2 aromatic rings. The summed E-state index contributed by atoms with van der Waals surface area (Å²) in [6.45, 7) is 3.51. The van der Waals surface area contributed by atoms with Crippen LogP contribution in [0.2, 0.25) is 0 Å². The predicted octanol–water partition coefficient (Wildman–Crippen LogP) is 1.71. The first-order chi connectivity index (χ1) is 8.45. The Morgan fingerprint density at radius 2 is 1.82 bits per heavy atom. The van der Waals surface area contributed by atoms with Crippen LogP contribution in [0.3, 0.4) is 0 Å². The van der Waals surface area contributed by atoms with Crippen LogP contribution in [0, 0.1) is 0 Å². The molecule has 1 aromatic carbocycles. The number of hydrogen-bond acceptors (Lipinski definition) is 3. The summed E-state index contributed by atoms with van der Waals surface area (Å²) in [4.78, 5) is 6.46. The first-order valence-electron chi connectivity index (χ1n) is 5.85. The van der Waals surface area contributed by atoms with Gasteiger partial charge in [0.1, 0.15) is 0 Å². The number of nitrogens with zero attached hydrogens (tertiary/aromatic N) is 3. The maximum absolute atomic E-state index is 5.39. The zero-order valence-electron chi connectivity index (χ0n) is 9.62. The van der Waals surface area contributed by atoms with Crippen molar-refractivity contribution in [2.75, 3.05) is 31.2 Å². The summed E-state index contributed by atoms with van der Waals surface area (Å²) < 4.78 is 7.44. The number of anilines is 1. The Kier molecular flexibility index (Phi) is 2.80. The lowest BCUT2D eigenvalue weighted by Crippen LogP contribution is -2.36. The van der Waals surface area contributed by atoms with Crippen LogP contribution in [-0.2, 0) is 4.74 Å². The highest BCUT2D eigenvalue weighted by Crippen LogP contribution is 2.24. The maximum atomic E-state index is 5.39. The molecule has 0 amide bonds. The Labute approximate surface area is 100 Å². The van der Waals surface area contributed by atoms with Crippen LogP contribution in [0.4, 0.5) is 5.69 Å². The van der Waals surface area contributed by atoms with Crippen LogP contribution >= 0.6 is 0 Å². The van der Waals surface area contributed by atoms with Gasteiger partial charge in [-0.3, -0.25) is 0 Å². The van der Waals surface area contributed by atoms with E-state index in [4.69, 9.17) is 4.74 Å². The van der Waals surface area contributed by atoms with Gasteiger partial charge in [0.05, 0.1) is 30.9 Å². The van der Waals surface area contributed by atoms with Crippen LogP contribution in [0.1, 0.15) is 0 Å². The van der Waals surface area contributed by atoms with Crippen LogP contribution in [0.15, 0.2) is 43.0 Å². The molecule has 0 bridgehead atoms. The van der Waals surface area contributed by atoms with E-state index in [0.29, 0.717) is 0 Å². The molecule has 4 heteroatoms. The molecule has 0 atom stereocenters. The molecule has 88 valence electrons. The van der Waals surface area contributed by atoms with Gasteiger partial charge in [-0.2, -0.15) is 0 Å². The third-order valence-corrected chi connectivity index (χ3v) is 3.02. The van der Waals surface area contributed by atoms with Gasteiger partial charge in [-0.05, 0) is 12.1 Å². The van der Waals surface area contributed by atoms with Gasteiger partial charge < -0.3 is 14.2 Å². The number of aromatic nitrogens is 2. The molecular formula is C13H15N3O. The lowest BCUT2D eigenvalue weighted by atomic mass is 10.2. The molecule has 4 nitrogen and oxygen atoms in total. The number of rotatable bonds is 2. The van der Waals surface area contributed by atoms with E-state index in [1.807, 2.05) is 17.1 Å². The van der Waals surface area contributed by atoms with Gasteiger partial charge in [0.15, 0.2) is 0 Å². The van der Waals surface area contributed by atoms with Crippen molar-refractivity contribution in [1.29, 1.82) is 0 Å². The highest BCUT2D eigenvalue weighted by atomic mass is 16.5. The third-order valence-electron chi connectivity index (χ3n) is 3.02. The summed E-state index contributed by atoms with van der Waals surface area (Å²) in [6.07, 6.45) is 5.61. The lowest BCUT2D eigenvalue weighted by Gasteiger charge is -2.30. The normalized spacial score (nSPS) is 16.1. The van der Waals surface area contributed by atoms with Gasteiger partial charge in [-0.25, -0.2) is 4.98 Å². The predicted molar refractivity (Wildman–Crippen MR) is 66.6 cm³/mol. The Morgan fingerprint density at radius 1 is 1.06 bits per heavy atom. The van der Waals surface area contributed by atoms with Gasteiger partial charge in [0, 0.05) is 25.5 Å². The minimum absolute atomic E-state index is 0.804. The Morgan fingerprint density at radius 3 is 2.53 bits per heavy atom. The molecule has 0 saturated carbocycles. The summed E-state index contributed by atoms with van der Waals surface area (Å²) in [6, 6.07) is 8.40. The van der Waals surface area contributed by atoms with Crippen molar-refractivity contribution in [2.24, 2.45) is 0 Å². The zero-order chi connectivity index (χ0) is 11.5. The standard InChI is InChI=1S/C13H15N3O/c1-2-4-13(16-6-5-14-11-16)12(3-1)15-7-9-17-10-8-15/h1-6,11H,7-10H2. The summed E-state index contributed by atoms with van der Waals surface area (Å²) in [5.74, 6) is 0. The van der Waals surface area contributed by atoms with Crippen LogP contribution < -0.4 is 4.90 Å². The fourth-order valence-corrected chi connectivity index (χ4v) is 2.16. The molecule has 2 heterocycles. The molecule has 17 heavy (non-hydrogen) atoms. The van der Waals surface area contributed by atoms with Crippen molar-refractivity contribution in [3.8, 4) is 5.69 Å². The summed E-state index contributed by atoms with van der Waals surface area (Å²) >= 11 is 0. The zero-order valence-corrected chi connectivity index (χ0v) is 9.62. The smallest absolute Gasteiger partial charge is 0.0992 e. The topological polar surface area (TPSA) is 30.3 Å². The van der Waals surface area contributed by atoms with Gasteiger partial charge in [-0.15, -0.1) is 0 Å². The fourth-order valence-electron chi connectivity index (χ4n) is 2.16. The largest absolute Gasteiger partial charge is 0.378 e. The van der Waals surface area contributed by atoms with Crippen LogP contribution in [0.25, 0.3) is 5.69 Å². The number of morpholine rings is 1. The highest BCUT2D eigenvalue weighted by molar-refractivity contribution is 5.63. The Bertz CT molecular complexity index is 475. The van der Waals surface area contributed by atoms with E-state index < -0.39 is 0 Å². The average Bonchev–Trinajstić information content (AvgIpc) is 2.94. The van der Waals surface area contributed by atoms with E-state index in [9.17, 15) is 0 Å². The van der Waals surface area contributed by atoms with Crippen molar-refractivity contribution in [2.45, 2.75) is 0 Å². The Balaban J connectivity index is 1.98. The molecule has 0 radical (unpaired) electrons. The molecule has 1 aliphatic rings. The molecule has 1 saturated heterocycles. The minimum Gasteiger partial charge on any atom is -0.378 e. The maximum Gasteiger partial charge on any atom is 0.0992 e. The molecule has 1 aliphatic heterocycles. The molecule has 1 fully saturated rings. The molecular weight excluding hydrogens is 214 g/mol. The molecule has 0 N–H and O–H groups in total. The third kappa shape index (κ3) is 2.03. The minimum atomic E-state index is 0.804. The van der Waals surface area contributed by atoms with E-state index >= 15 is 0 Å². The van der Waals surface area contributed by atoms with E-state index in [1.54, 1.807) is 6.20 Å². The molecule has 0 aliphatic carbocycles. The van der Waals surface area contributed by atoms with Crippen LogP contribution in [-0.4, -0.2) is 35.9 Å². The van der Waals surface area contributed by atoms with Crippen LogP contribution in [0.5, 0.6) is 0 Å². The van der Waals surface area contributed by atoms with Gasteiger partial charge >= 0.3 is 0 Å². The van der Waals surface area contributed by atoms with E-state index in [2.05, 4.69) is 34.1 Å². The molecule has 0 spiro atoms. The van der Waals surface area contributed by atoms with Crippen molar-refractivity contribution in [1.82, 2.24) is 9.55 Å². The number of para-hydroxylation sites is 2. The summed E-state index contributed by atoms with van der Waals surface area (Å²) in [5.41, 5.74) is 2.42. The van der Waals surface area contributed by atoms with Crippen molar-refractivity contribution < 1.29 is 4.74 Å². The molecule has 1 aromatic heterocycles. The van der Waals surface area contributed by atoms with Crippen molar-refractivity contribution in [3.05, 3.63) is 43.0 Å². The van der Waals surface area contributed by atoms with Crippen molar-refractivity contribution >= 4 is 5.69 Å². The van der Waals surface area contributed by atoms with Gasteiger partial charge in [0.25, 0.3) is 0 Å². The molecule has 0 unspecified atom stereocenters. The van der Waals surface area contributed by atoms with Gasteiger partial charge in [-0.1, -0.05) is 12.1 Å². The quantitative estimate of drug-likeness (QED) is 0.785. The summed E-state index contributed by atoms with van der Waals surface area (Å²) in [7, 11) is 0.